The molecule has 5 rings (SSSR count). The number of nitrogens with one attached hydrogen (secondary N) is 2. The predicted molar refractivity (Wildman–Crippen MR) is 183 cm³/mol. The molecule has 0 saturated carbocycles. The number of benzene rings is 3. The Morgan fingerprint density at radius 2 is 1.35 bits per heavy atom. The molecule has 0 aromatic heterocycles. The summed E-state index contributed by atoms with van der Waals surface area (Å²) in [4.78, 5) is 54.1. The van der Waals surface area contributed by atoms with Crippen LogP contribution in [0, 0.1) is 11.8 Å². The minimum absolute atomic E-state index is 0.0919. The van der Waals surface area contributed by atoms with Gasteiger partial charge in [0.1, 0.15) is 18.7 Å². The molecule has 250 valence electrons. The summed E-state index contributed by atoms with van der Waals surface area (Å²) in [7, 11) is 0. The molecule has 0 radical (unpaired) electrons. The fourth-order valence-corrected chi connectivity index (χ4v) is 5.92. The van der Waals surface area contributed by atoms with Crippen molar-refractivity contribution in [1.82, 2.24) is 9.80 Å². The summed E-state index contributed by atoms with van der Waals surface area (Å²) in [5, 5.41) is 5.82. The van der Waals surface area contributed by atoms with Crippen LogP contribution in [0.25, 0.3) is 0 Å². The smallest absolute Gasteiger partial charge is 0.410 e. The molecule has 0 aliphatic carbocycles. The van der Waals surface area contributed by atoms with Gasteiger partial charge in [0, 0.05) is 42.4 Å². The number of carbonyl (C=O) groups is 4. The third kappa shape index (κ3) is 9.23. The van der Waals surface area contributed by atoms with Gasteiger partial charge in [-0.1, -0.05) is 42.2 Å². The van der Waals surface area contributed by atoms with Crippen LogP contribution >= 0.6 is 0 Å². The molecule has 10 heteroatoms. The Bertz CT molecular complexity index is 1670. The normalized spacial score (nSPS) is 18.9. The van der Waals surface area contributed by atoms with E-state index in [1.165, 1.54) is 11.8 Å². The molecule has 2 heterocycles. The number of carbonyl (C=O) groups excluding carboxylic acids is 4. The average molecular weight is 651 g/mol. The molecule has 0 bridgehead atoms. The zero-order valence-corrected chi connectivity index (χ0v) is 27.8. The van der Waals surface area contributed by atoms with Crippen LogP contribution < -0.4 is 10.6 Å². The Morgan fingerprint density at radius 1 is 0.792 bits per heavy atom. The first-order chi connectivity index (χ1) is 22.9. The monoisotopic (exact) mass is 650 g/mol. The van der Waals surface area contributed by atoms with E-state index in [9.17, 15) is 19.2 Å². The van der Waals surface area contributed by atoms with E-state index in [0.717, 1.165) is 23.1 Å². The lowest BCUT2D eigenvalue weighted by Gasteiger charge is -2.25. The zero-order valence-electron chi connectivity index (χ0n) is 27.8. The van der Waals surface area contributed by atoms with E-state index in [2.05, 4.69) is 22.5 Å². The Kier molecular flexibility index (Phi) is 10.8. The number of hydrogen-bond acceptors (Lipinski definition) is 6. The number of hydrogen-bond donors (Lipinski definition) is 2. The first-order valence-electron chi connectivity index (χ1n) is 16.2. The number of nitrogens with zero attached hydrogens (tertiary/aromatic N) is 2. The second kappa shape index (κ2) is 15.2. The summed E-state index contributed by atoms with van der Waals surface area (Å²) in [6.45, 7) is 8.29. The van der Waals surface area contributed by atoms with Gasteiger partial charge in [-0.05, 0) is 87.7 Å². The molecule has 10 nitrogen and oxygen atoms in total. The lowest BCUT2D eigenvalue weighted by molar-refractivity contribution is -0.134. The summed E-state index contributed by atoms with van der Waals surface area (Å²) in [5.41, 5.74) is 3.17. The van der Waals surface area contributed by atoms with Crippen molar-refractivity contribution in [2.45, 2.75) is 77.4 Å². The number of anilines is 2. The minimum atomic E-state index is -0.751. The molecule has 0 unspecified atom stereocenters. The van der Waals surface area contributed by atoms with E-state index >= 15 is 0 Å². The van der Waals surface area contributed by atoms with Gasteiger partial charge in [-0.25, -0.2) is 4.79 Å². The molecule has 0 spiro atoms. The van der Waals surface area contributed by atoms with Gasteiger partial charge in [-0.2, -0.15) is 0 Å². The van der Waals surface area contributed by atoms with Crippen molar-refractivity contribution in [1.29, 1.82) is 0 Å². The Hall–Kier alpha value is -5.14. The van der Waals surface area contributed by atoms with Crippen molar-refractivity contribution in [2.24, 2.45) is 0 Å². The van der Waals surface area contributed by atoms with Gasteiger partial charge in [-0.15, -0.1) is 0 Å². The Morgan fingerprint density at radius 3 is 1.90 bits per heavy atom. The van der Waals surface area contributed by atoms with E-state index in [4.69, 9.17) is 9.47 Å². The highest BCUT2D eigenvalue weighted by molar-refractivity contribution is 5.98. The fraction of sp³-hybridized carbons (Fsp3) is 0.368. The van der Waals surface area contributed by atoms with E-state index in [-0.39, 0.29) is 37.0 Å². The van der Waals surface area contributed by atoms with E-state index in [0.29, 0.717) is 30.8 Å². The third-order valence-corrected chi connectivity index (χ3v) is 8.14. The van der Waals surface area contributed by atoms with Crippen molar-refractivity contribution in [3.63, 3.8) is 0 Å². The third-order valence-electron chi connectivity index (χ3n) is 8.14. The maximum atomic E-state index is 13.4. The molecule has 4 amide bonds. The van der Waals surface area contributed by atoms with Crippen molar-refractivity contribution in [3.05, 3.63) is 95.6 Å². The van der Waals surface area contributed by atoms with Crippen molar-refractivity contribution < 1.29 is 28.7 Å². The molecule has 2 fully saturated rings. The molecule has 3 aromatic rings. The SMILES string of the molecule is CC(=O)N1CCC[C@H]1C(=O)Nc1ccc(C#Cc2ccc(NC(=O)[C@@H]3C[C@@H](OC(C)(C)C)CN3C(=O)OCc3ccccc3)cc2)cc1. The van der Waals surface area contributed by atoms with Crippen LogP contribution in [-0.4, -0.2) is 70.5 Å². The second-order valence-corrected chi connectivity index (χ2v) is 13.0. The highest BCUT2D eigenvalue weighted by Crippen LogP contribution is 2.27. The molecule has 2 aliphatic heterocycles. The molecule has 3 atom stereocenters. The largest absolute Gasteiger partial charge is 0.445 e. The van der Waals surface area contributed by atoms with Gasteiger partial charge in [-0.3, -0.25) is 19.3 Å². The number of amides is 4. The molecule has 2 N–H and O–H groups in total. The quantitative estimate of drug-likeness (QED) is 0.323. The topological polar surface area (TPSA) is 117 Å². The number of likely N-dealkylation sites (tertiary alicyclic amines) is 2. The van der Waals surface area contributed by atoms with Crippen LogP contribution in [0.2, 0.25) is 0 Å². The van der Waals surface area contributed by atoms with Gasteiger partial charge >= 0.3 is 6.09 Å². The van der Waals surface area contributed by atoms with Crippen LogP contribution in [0.15, 0.2) is 78.9 Å². The van der Waals surface area contributed by atoms with Crippen LogP contribution in [0.3, 0.4) is 0 Å². The van der Waals surface area contributed by atoms with Gasteiger partial charge in [0.2, 0.25) is 17.7 Å². The van der Waals surface area contributed by atoms with Gasteiger partial charge in [0.15, 0.2) is 0 Å². The molecule has 2 saturated heterocycles. The van der Waals surface area contributed by atoms with E-state index in [1.54, 1.807) is 29.2 Å². The lowest BCUT2D eigenvalue weighted by Crippen LogP contribution is -2.43. The highest BCUT2D eigenvalue weighted by Gasteiger charge is 2.42. The summed E-state index contributed by atoms with van der Waals surface area (Å²) < 4.78 is 11.7. The number of ether oxygens (including phenoxy) is 2. The van der Waals surface area contributed by atoms with Crippen LogP contribution in [0.1, 0.15) is 63.6 Å². The van der Waals surface area contributed by atoms with Gasteiger partial charge in [0.25, 0.3) is 0 Å². The molecular formula is C38H42N4O6. The zero-order chi connectivity index (χ0) is 34.3. The van der Waals surface area contributed by atoms with Crippen LogP contribution in [0.5, 0.6) is 0 Å². The standard InChI is InChI=1S/C38H42N4O6/c1-26(43)41-22-8-11-33(41)35(44)39-30-18-14-27(15-19-30)12-13-28-16-20-31(21-17-28)40-36(45)34-23-32(48-38(2,3)4)24-42(34)37(46)47-25-29-9-6-5-7-10-29/h5-7,9-10,14-21,32-34H,8,11,22-25H2,1-4H3,(H,39,44)(H,40,45)/t32-,33+,34+/m1/s1. The van der Waals surface area contributed by atoms with Crippen LogP contribution in [-0.2, 0) is 30.5 Å². The molecule has 2 aliphatic rings. The summed E-state index contributed by atoms with van der Waals surface area (Å²) in [6, 6.07) is 22.6. The number of rotatable bonds is 7. The maximum absolute atomic E-state index is 13.4. The summed E-state index contributed by atoms with van der Waals surface area (Å²) >= 11 is 0. The fourth-order valence-electron chi connectivity index (χ4n) is 5.92. The van der Waals surface area contributed by atoms with Gasteiger partial charge < -0.3 is 25.0 Å². The van der Waals surface area contributed by atoms with Gasteiger partial charge in [0.05, 0.1) is 18.2 Å². The molecule has 3 aromatic carbocycles. The second-order valence-electron chi connectivity index (χ2n) is 13.0. The maximum Gasteiger partial charge on any atom is 0.410 e. The Balaban J connectivity index is 1.17. The first-order valence-corrected chi connectivity index (χ1v) is 16.2. The van der Waals surface area contributed by atoms with E-state index in [1.807, 2.05) is 75.4 Å². The van der Waals surface area contributed by atoms with Crippen LogP contribution in [0.4, 0.5) is 16.2 Å². The summed E-state index contributed by atoms with van der Waals surface area (Å²) in [6.07, 6.45) is 0.962. The van der Waals surface area contributed by atoms with Crippen molar-refractivity contribution in [3.8, 4) is 11.8 Å². The molecule has 48 heavy (non-hydrogen) atoms. The highest BCUT2D eigenvalue weighted by atomic mass is 16.6. The minimum Gasteiger partial charge on any atom is -0.445 e. The molecular weight excluding hydrogens is 608 g/mol. The van der Waals surface area contributed by atoms with Crippen molar-refractivity contribution >= 4 is 35.2 Å². The van der Waals surface area contributed by atoms with E-state index < -0.39 is 23.8 Å². The average Bonchev–Trinajstić information content (AvgIpc) is 3.72. The first kappa shape index (κ1) is 34.2. The lowest BCUT2D eigenvalue weighted by atomic mass is 10.1. The Labute approximate surface area is 281 Å². The summed E-state index contributed by atoms with van der Waals surface area (Å²) in [5.74, 6) is 5.63. The predicted octanol–water partition coefficient (Wildman–Crippen LogP) is 5.57. The van der Waals surface area contributed by atoms with Crippen molar-refractivity contribution in [2.75, 3.05) is 23.7 Å².